The number of aliphatic hydroxyl groups is 1. The second kappa shape index (κ2) is 9.58. The maximum atomic E-state index is 13.1. The summed E-state index contributed by atoms with van der Waals surface area (Å²) in [6.07, 6.45) is 1.62. The van der Waals surface area contributed by atoms with Gasteiger partial charge in [0.05, 0.1) is 24.4 Å². The van der Waals surface area contributed by atoms with E-state index in [1.807, 2.05) is 24.4 Å². The first kappa shape index (κ1) is 22.7. The zero-order chi connectivity index (χ0) is 23.5. The van der Waals surface area contributed by atoms with Gasteiger partial charge in [0.15, 0.2) is 0 Å². The van der Waals surface area contributed by atoms with Crippen molar-refractivity contribution in [2.75, 3.05) is 6.61 Å². The maximum absolute atomic E-state index is 13.1. The van der Waals surface area contributed by atoms with E-state index < -0.39 is 17.7 Å². The van der Waals surface area contributed by atoms with E-state index in [1.165, 1.54) is 16.2 Å². The maximum Gasteiger partial charge on any atom is 0.296 e. The number of nitrogens with zero attached hydrogens (tertiary/aromatic N) is 2. The minimum absolute atomic E-state index is 0.0468. The number of aromatic nitrogens is 1. The Hall–Kier alpha value is -3.45. The van der Waals surface area contributed by atoms with E-state index in [0.29, 0.717) is 23.8 Å². The van der Waals surface area contributed by atoms with Crippen molar-refractivity contribution in [2.24, 2.45) is 5.92 Å². The van der Waals surface area contributed by atoms with E-state index in [1.54, 1.807) is 42.6 Å². The molecule has 1 aliphatic rings. The summed E-state index contributed by atoms with van der Waals surface area (Å²) in [4.78, 5) is 33.0. The largest absolute Gasteiger partial charge is 0.507 e. The van der Waals surface area contributed by atoms with Gasteiger partial charge in [0.1, 0.15) is 17.6 Å². The summed E-state index contributed by atoms with van der Waals surface area (Å²) in [7, 11) is 0. The lowest BCUT2D eigenvalue weighted by atomic mass is 9.97. The van der Waals surface area contributed by atoms with E-state index in [9.17, 15) is 14.7 Å². The molecule has 4 rings (SSSR count). The van der Waals surface area contributed by atoms with Crippen molar-refractivity contribution in [3.8, 4) is 5.75 Å². The van der Waals surface area contributed by atoms with E-state index in [-0.39, 0.29) is 17.9 Å². The van der Waals surface area contributed by atoms with E-state index in [4.69, 9.17) is 4.74 Å². The fourth-order valence-electron chi connectivity index (χ4n) is 3.83. The summed E-state index contributed by atoms with van der Waals surface area (Å²) in [6.45, 7) is 6.88. The lowest BCUT2D eigenvalue weighted by Crippen LogP contribution is -2.29. The Morgan fingerprint density at radius 2 is 2.00 bits per heavy atom. The van der Waals surface area contributed by atoms with Crippen LogP contribution in [-0.2, 0) is 16.1 Å². The third-order valence-corrected chi connectivity index (χ3v) is 6.30. The Kier molecular flexibility index (Phi) is 6.60. The lowest BCUT2D eigenvalue weighted by molar-refractivity contribution is -0.140. The molecule has 1 fully saturated rings. The molecule has 1 unspecified atom stereocenters. The molecule has 0 bridgehead atoms. The normalized spacial score (nSPS) is 17.7. The SMILES string of the molecule is Cc1cc(/C(O)=C2/C(=O)C(=O)N(Cc3cccs3)C2c2ccccn2)ccc1OCC(C)C. The Bertz CT molecular complexity index is 1190. The predicted octanol–water partition coefficient (Wildman–Crippen LogP) is 5.11. The molecule has 170 valence electrons. The van der Waals surface area contributed by atoms with Crippen molar-refractivity contribution < 1.29 is 19.4 Å². The number of Topliss-reactive ketones (excluding diaryl/α,β-unsaturated/α-hetero) is 1. The first-order valence-electron chi connectivity index (χ1n) is 10.8. The van der Waals surface area contributed by atoms with E-state index in [0.717, 1.165) is 16.2 Å². The molecule has 0 saturated carbocycles. The highest BCUT2D eigenvalue weighted by molar-refractivity contribution is 7.09. The highest BCUT2D eigenvalue weighted by Gasteiger charge is 2.46. The molecule has 3 heterocycles. The van der Waals surface area contributed by atoms with Crippen LogP contribution in [0.5, 0.6) is 5.75 Å². The van der Waals surface area contributed by atoms with Crippen molar-refractivity contribution in [3.05, 3.63) is 87.4 Å². The second-order valence-corrected chi connectivity index (χ2v) is 9.48. The highest BCUT2D eigenvalue weighted by Crippen LogP contribution is 2.40. The van der Waals surface area contributed by atoms with Gasteiger partial charge in [-0.05, 0) is 60.2 Å². The Labute approximate surface area is 197 Å². The summed E-state index contributed by atoms with van der Waals surface area (Å²) in [5.74, 6) is -0.460. The minimum atomic E-state index is -0.773. The average molecular weight is 463 g/mol. The fraction of sp³-hybridized carbons (Fsp3) is 0.269. The van der Waals surface area contributed by atoms with Gasteiger partial charge in [-0.1, -0.05) is 26.0 Å². The predicted molar refractivity (Wildman–Crippen MR) is 128 cm³/mol. The number of hydrogen-bond acceptors (Lipinski definition) is 6. The van der Waals surface area contributed by atoms with Crippen LogP contribution in [0.2, 0.25) is 0 Å². The molecule has 2 aromatic heterocycles. The van der Waals surface area contributed by atoms with Gasteiger partial charge in [-0.2, -0.15) is 0 Å². The first-order chi connectivity index (χ1) is 15.9. The van der Waals surface area contributed by atoms with Crippen molar-refractivity contribution in [1.29, 1.82) is 0 Å². The second-order valence-electron chi connectivity index (χ2n) is 8.45. The van der Waals surface area contributed by atoms with Gasteiger partial charge in [0, 0.05) is 16.6 Å². The molecule has 0 aliphatic carbocycles. The van der Waals surface area contributed by atoms with Crippen molar-refractivity contribution >= 4 is 28.8 Å². The summed E-state index contributed by atoms with van der Waals surface area (Å²) < 4.78 is 5.83. The van der Waals surface area contributed by atoms with Crippen LogP contribution in [0.3, 0.4) is 0 Å². The molecule has 1 N–H and O–H groups in total. The number of thiophene rings is 1. The van der Waals surface area contributed by atoms with Gasteiger partial charge in [0.2, 0.25) is 0 Å². The lowest BCUT2D eigenvalue weighted by Gasteiger charge is -2.24. The van der Waals surface area contributed by atoms with Crippen LogP contribution >= 0.6 is 11.3 Å². The number of hydrogen-bond donors (Lipinski definition) is 1. The zero-order valence-electron chi connectivity index (χ0n) is 18.8. The molecular weight excluding hydrogens is 436 g/mol. The van der Waals surface area contributed by atoms with Gasteiger partial charge in [-0.15, -0.1) is 11.3 Å². The Morgan fingerprint density at radius 1 is 1.18 bits per heavy atom. The van der Waals surface area contributed by atoms with Gasteiger partial charge >= 0.3 is 0 Å². The molecular formula is C26H26N2O4S. The molecule has 0 spiro atoms. The minimum Gasteiger partial charge on any atom is -0.507 e. The number of likely N-dealkylation sites (tertiary alicyclic amines) is 1. The number of pyridine rings is 1. The number of carbonyl (C=O) groups excluding carboxylic acids is 2. The third-order valence-electron chi connectivity index (χ3n) is 5.43. The van der Waals surface area contributed by atoms with Crippen LogP contribution in [0.25, 0.3) is 5.76 Å². The number of aryl methyl sites for hydroxylation is 1. The summed E-state index contributed by atoms with van der Waals surface area (Å²) in [5, 5.41) is 13.2. The van der Waals surface area contributed by atoms with Crippen molar-refractivity contribution in [3.63, 3.8) is 0 Å². The first-order valence-corrected chi connectivity index (χ1v) is 11.7. The number of amides is 1. The molecule has 0 radical (unpaired) electrons. The smallest absolute Gasteiger partial charge is 0.296 e. The third kappa shape index (κ3) is 4.68. The summed E-state index contributed by atoms with van der Waals surface area (Å²) in [5.41, 5.74) is 1.87. The molecule has 7 heteroatoms. The van der Waals surface area contributed by atoms with Crippen LogP contribution in [0.1, 0.15) is 41.6 Å². The quantitative estimate of drug-likeness (QED) is 0.300. The van der Waals surface area contributed by atoms with Gasteiger partial charge in [0.25, 0.3) is 11.7 Å². The van der Waals surface area contributed by atoms with Crippen molar-refractivity contribution in [1.82, 2.24) is 9.88 Å². The molecule has 1 aliphatic heterocycles. The van der Waals surface area contributed by atoms with Crippen molar-refractivity contribution in [2.45, 2.75) is 33.4 Å². The average Bonchev–Trinajstić information content (AvgIpc) is 3.40. The van der Waals surface area contributed by atoms with E-state index >= 15 is 0 Å². The highest BCUT2D eigenvalue weighted by atomic mass is 32.1. The number of rotatable bonds is 7. The number of carbonyl (C=O) groups is 2. The van der Waals surface area contributed by atoms with Gasteiger partial charge < -0.3 is 14.7 Å². The van der Waals surface area contributed by atoms with Crippen LogP contribution in [0.15, 0.2) is 65.7 Å². The van der Waals surface area contributed by atoms with Crippen LogP contribution in [-0.4, -0.2) is 33.3 Å². The Morgan fingerprint density at radius 3 is 2.64 bits per heavy atom. The van der Waals surface area contributed by atoms with Crippen LogP contribution in [0, 0.1) is 12.8 Å². The van der Waals surface area contributed by atoms with E-state index in [2.05, 4.69) is 18.8 Å². The fourth-order valence-corrected chi connectivity index (χ4v) is 4.53. The van der Waals surface area contributed by atoms with Crippen LogP contribution < -0.4 is 4.74 Å². The number of ether oxygens (including phenoxy) is 1. The topological polar surface area (TPSA) is 79.7 Å². The number of ketones is 1. The van der Waals surface area contributed by atoms with Crippen LogP contribution in [0.4, 0.5) is 0 Å². The molecule has 1 atom stereocenters. The molecule has 3 aromatic rings. The summed E-state index contributed by atoms with van der Waals surface area (Å²) in [6, 6.07) is 13.6. The van der Waals surface area contributed by atoms with Gasteiger partial charge in [-0.3, -0.25) is 14.6 Å². The monoisotopic (exact) mass is 462 g/mol. The number of aliphatic hydroxyl groups excluding tert-OH is 1. The molecule has 1 saturated heterocycles. The molecule has 1 amide bonds. The zero-order valence-corrected chi connectivity index (χ0v) is 19.6. The molecule has 6 nitrogen and oxygen atoms in total. The molecule has 1 aromatic carbocycles. The standard InChI is InChI=1S/C26H26N2O4S/c1-16(2)15-32-21-10-9-18(13-17(21)3)24(29)22-23(20-8-4-5-11-27-20)28(26(31)25(22)30)14-19-7-6-12-33-19/h4-13,16,23,29H,14-15H2,1-3H3/b24-22-. The van der Waals surface area contributed by atoms with Gasteiger partial charge in [-0.25, -0.2) is 0 Å². The molecule has 33 heavy (non-hydrogen) atoms. The number of benzene rings is 1. The summed E-state index contributed by atoms with van der Waals surface area (Å²) >= 11 is 1.51. The Balaban J connectivity index is 1.77.